The van der Waals surface area contributed by atoms with E-state index in [2.05, 4.69) is 14.8 Å². The molecule has 0 unspecified atom stereocenters. The van der Waals surface area contributed by atoms with Gasteiger partial charge in [0.25, 0.3) is 0 Å². The maximum atomic E-state index is 12.2. The van der Waals surface area contributed by atoms with Crippen LogP contribution in [0.4, 0.5) is 0 Å². The molecule has 124 valence electrons. The van der Waals surface area contributed by atoms with E-state index in [1.54, 1.807) is 7.05 Å². The van der Waals surface area contributed by atoms with E-state index in [0.717, 1.165) is 12.8 Å². The number of benzene rings is 1. The van der Waals surface area contributed by atoms with Crippen LogP contribution in [-0.2, 0) is 20.0 Å². The summed E-state index contributed by atoms with van der Waals surface area (Å²) in [6, 6.07) is 5.38. The highest BCUT2D eigenvalue weighted by molar-refractivity contribution is 7.90. The first kappa shape index (κ1) is 17.4. The molecule has 2 rings (SSSR count). The van der Waals surface area contributed by atoms with Crippen LogP contribution in [0.5, 0.6) is 0 Å². The van der Waals surface area contributed by atoms with Crippen LogP contribution in [0.3, 0.4) is 0 Å². The second-order valence-corrected chi connectivity index (χ2v) is 8.71. The molecule has 0 bridgehead atoms. The normalized spacial score (nSPS) is 15.9. The lowest BCUT2D eigenvalue weighted by atomic mass is 10.4. The number of hydrogen-bond acceptors (Lipinski definition) is 5. The Morgan fingerprint density at radius 2 is 1.68 bits per heavy atom. The SMILES string of the molecule is CNCCCNS(=O)(=O)c1cccc(S(=O)(=O)NC2CC2)c1. The average molecular weight is 347 g/mol. The zero-order valence-electron chi connectivity index (χ0n) is 12.4. The minimum atomic E-state index is -3.71. The highest BCUT2D eigenvalue weighted by atomic mass is 32.2. The van der Waals surface area contributed by atoms with Gasteiger partial charge in [0.15, 0.2) is 0 Å². The first-order valence-electron chi connectivity index (χ1n) is 7.12. The lowest BCUT2D eigenvalue weighted by Gasteiger charge is -2.09. The van der Waals surface area contributed by atoms with Gasteiger partial charge in [0.05, 0.1) is 9.79 Å². The van der Waals surface area contributed by atoms with Gasteiger partial charge in [-0.25, -0.2) is 26.3 Å². The molecule has 9 heteroatoms. The molecule has 1 aromatic rings. The summed E-state index contributed by atoms with van der Waals surface area (Å²) in [4.78, 5) is -0.0758. The molecule has 1 fully saturated rings. The molecule has 0 radical (unpaired) electrons. The average Bonchev–Trinajstić information content (AvgIpc) is 3.27. The van der Waals surface area contributed by atoms with Gasteiger partial charge in [-0.15, -0.1) is 0 Å². The van der Waals surface area contributed by atoms with Crippen molar-refractivity contribution in [3.8, 4) is 0 Å². The van der Waals surface area contributed by atoms with Crippen molar-refractivity contribution < 1.29 is 16.8 Å². The van der Waals surface area contributed by atoms with Crippen LogP contribution in [0.15, 0.2) is 34.1 Å². The van der Waals surface area contributed by atoms with Crippen molar-refractivity contribution in [3.05, 3.63) is 24.3 Å². The van der Waals surface area contributed by atoms with E-state index >= 15 is 0 Å². The van der Waals surface area contributed by atoms with E-state index < -0.39 is 20.0 Å². The predicted molar refractivity (Wildman–Crippen MR) is 83.5 cm³/mol. The van der Waals surface area contributed by atoms with Gasteiger partial charge >= 0.3 is 0 Å². The van der Waals surface area contributed by atoms with Crippen LogP contribution in [-0.4, -0.2) is 43.0 Å². The van der Waals surface area contributed by atoms with Crippen LogP contribution < -0.4 is 14.8 Å². The molecule has 0 saturated heterocycles. The molecule has 0 atom stereocenters. The number of nitrogens with one attached hydrogen (secondary N) is 3. The Balaban J connectivity index is 2.13. The smallest absolute Gasteiger partial charge is 0.240 e. The van der Waals surface area contributed by atoms with Gasteiger partial charge in [0, 0.05) is 12.6 Å². The second kappa shape index (κ2) is 7.05. The van der Waals surface area contributed by atoms with Crippen LogP contribution in [0.1, 0.15) is 19.3 Å². The molecule has 0 aliphatic heterocycles. The van der Waals surface area contributed by atoms with E-state index in [1.807, 2.05) is 0 Å². The Labute approximate surface area is 131 Å². The van der Waals surface area contributed by atoms with E-state index in [1.165, 1.54) is 24.3 Å². The number of rotatable bonds is 9. The largest absolute Gasteiger partial charge is 0.320 e. The Kier molecular flexibility index (Phi) is 5.56. The zero-order valence-corrected chi connectivity index (χ0v) is 14.0. The van der Waals surface area contributed by atoms with Gasteiger partial charge in [0.2, 0.25) is 20.0 Å². The maximum Gasteiger partial charge on any atom is 0.240 e. The minimum absolute atomic E-state index is 0.0232. The summed E-state index contributed by atoms with van der Waals surface area (Å²) < 4.78 is 53.6. The van der Waals surface area contributed by atoms with Crippen LogP contribution >= 0.6 is 0 Å². The van der Waals surface area contributed by atoms with Crippen molar-refractivity contribution in [3.63, 3.8) is 0 Å². The van der Waals surface area contributed by atoms with Gasteiger partial charge in [-0.2, -0.15) is 0 Å². The van der Waals surface area contributed by atoms with E-state index in [4.69, 9.17) is 0 Å². The molecule has 0 heterocycles. The molecular formula is C13H21N3O4S2. The number of sulfonamides is 2. The van der Waals surface area contributed by atoms with Crippen LogP contribution in [0.25, 0.3) is 0 Å². The molecule has 0 amide bonds. The molecule has 0 aromatic heterocycles. The van der Waals surface area contributed by atoms with Gasteiger partial charge in [-0.3, -0.25) is 0 Å². The van der Waals surface area contributed by atoms with E-state index in [0.29, 0.717) is 19.5 Å². The van der Waals surface area contributed by atoms with Crippen molar-refractivity contribution in [2.45, 2.75) is 35.1 Å². The summed E-state index contributed by atoms with van der Waals surface area (Å²) in [7, 11) is -5.58. The molecule has 1 aliphatic carbocycles. The fourth-order valence-corrected chi connectivity index (χ4v) is 4.40. The quantitative estimate of drug-likeness (QED) is 0.546. The Bertz CT molecular complexity index is 713. The molecular weight excluding hydrogens is 326 g/mol. The Morgan fingerprint density at radius 3 is 2.27 bits per heavy atom. The van der Waals surface area contributed by atoms with Crippen LogP contribution in [0.2, 0.25) is 0 Å². The number of hydrogen-bond donors (Lipinski definition) is 3. The highest BCUT2D eigenvalue weighted by Gasteiger charge is 2.28. The van der Waals surface area contributed by atoms with E-state index in [9.17, 15) is 16.8 Å². The van der Waals surface area contributed by atoms with Crippen molar-refractivity contribution >= 4 is 20.0 Å². The van der Waals surface area contributed by atoms with Gasteiger partial charge in [0.1, 0.15) is 0 Å². The molecule has 22 heavy (non-hydrogen) atoms. The first-order chi connectivity index (χ1) is 10.3. The molecule has 3 N–H and O–H groups in total. The monoisotopic (exact) mass is 347 g/mol. The summed E-state index contributed by atoms with van der Waals surface area (Å²) in [5, 5.41) is 2.92. The molecule has 1 aromatic carbocycles. The molecule has 1 aliphatic rings. The summed E-state index contributed by atoms with van der Waals surface area (Å²) in [6.07, 6.45) is 2.30. The maximum absolute atomic E-state index is 12.2. The zero-order chi connectivity index (χ0) is 16.2. The van der Waals surface area contributed by atoms with Crippen molar-refractivity contribution in [2.75, 3.05) is 20.1 Å². The predicted octanol–water partition coefficient (Wildman–Crippen LogP) is 0.0151. The third kappa shape index (κ3) is 4.75. The van der Waals surface area contributed by atoms with Gasteiger partial charge in [-0.1, -0.05) is 6.07 Å². The molecule has 7 nitrogen and oxygen atoms in total. The highest BCUT2D eigenvalue weighted by Crippen LogP contribution is 2.23. The summed E-state index contributed by atoms with van der Waals surface area (Å²) in [5.74, 6) is 0. The third-order valence-corrected chi connectivity index (χ3v) is 6.20. The van der Waals surface area contributed by atoms with Gasteiger partial charge in [-0.05, 0) is 51.1 Å². The molecule has 1 saturated carbocycles. The lowest BCUT2D eigenvalue weighted by molar-refractivity contribution is 0.576. The fraction of sp³-hybridized carbons (Fsp3) is 0.538. The summed E-state index contributed by atoms with van der Waals surface area (Å²) >= 11 is 0. The first-order valence-corrected chi connectivity index (χ1v) is 10.1. The van der Waals surface area contributed by atoms with Crippen LogP contribution in [0, 0.1) is 0 Å². The van der Waals surface area contributed by atoms with Gasteiger partial charge < -0.3 is 5.32 Å². The fourth-order valence-electron chi connectivity index (χ4n) is 1.85. The van der Waals surface area contributed by atoms with Crippen molar-refractivity contribution in [1.29, 1.82) is 0 Å². The van der Waals surface area contributed by atoms with Crippen molar-refractivity contribution in [2.24, 2.45) is 0 Å². The lowest BCUT2D eigenvalue weighted by Crippen LogP contribution is -2.28. The van der Waals surface area contributed by atoms with Crippen molar-refractivity contribution in [1.82, 2.24) is 14.8 Å². The Morgan fingerprint density at radius 1 is 1.05 bits per heavy atom. The summed E-state index contributed by atoms with van der Waals surface area (Å²) in [6.45, 7) is 0.989. The standard InChI is InChI=1S/C13H21N3O4S2/c1-14-8-3-9-15-21(17,18)12-4-2-5-13(10-12)22(19,20)16-11-6-7-11/h2,4-5,10-11,14-16H,3,6-9H2,1H3. The summed E-state index contributed by atoms with van der Waals surface area (Å²) in [5.41, 5.74) is 0. The topological polar surface area (TPSA) is 104 Å². The molecule has 0 spiro atoms. The second-order valence-electron chi connectivity index (χ2n) is 5.23. The van der Waals surface area contributed by atoms with E-state index in [-0.39, 0.29) is 15.8 Å². The third-order valence-electron chi connectivity index (χ3n) is 3.22. The minimum Gasteiger partial charge on any atom is -0.320 e. The Hall–Kier alpha value is -1.00.